The molecule has 0 bridgehead atoms. The van der Waals surface area contributed by atoms with E-state index in [2.05, 4.69) is 29.5 Å². The van der Waals surface area contributed by atoms with Gasteiger partial charge >= 0.3 is 0 Å². The van der Waals surface area contributed by atoms with Crippen LogP contribution in [0.15, 0.2) is 23.2 Å². The smallest absolute Gasteiger partial charge is 0.190 e. The van der Waals surface area contributed by atoms with E-state index in [4.69, 9.17) is 9.47 Å². The van der Waals surface area contributed by atoms with Gasteiger partial charge in [-0.3, -0.25) is 4.99 Å². The largest absolute Gasteiger partial charge is 0.493 e. The second kappa shape index (κ2) is 9.10. The van der Waals surface area contributed by atoms with E-state index in [-0.39, 0.29) is 0 Å². The van der Waals surface area contributed by atoms with Gasteiger partial charge in [0.1, 0.15) is 0 Å². The van der Waals surface area contributed by atoms with Crippen molar-refractivity contribution >= 4 is 5.96 Å². The van der Waals surface area contributed by atoms with Gasteiger partial charge in [0.25, 0.3) is 0 Å². The zero-order chi connectivity index (χ0) is 15.7. The van der Waals surface area contributed by atoms with Crippen molar-refractivity contribution in [3.8, 4) is 11.5 Å². The van der Waals surface area contributed by atoms with E-state index in [9.17, 15) is 0 Å². The molecule has 2 N–H and O–H groups in total. The molecule has 0 aliphatic carbocycles. The lowest BCUT2D eigenvalue weighted by atomic mass is 10.1. The molecule has 0 aromatic heterocycles. The first-order valence-electron chi connectivity index (χ1n) is 7.26. The van der Waals surface area contributed by atoms with E-state index in [1.54, 1.807) is 21.3 Å². The molecule has 0 saturated heterocycles. The lowest BCUT2D eigenvalue weighted by molar-refractivity contribution is 0.354. The molecule has 0 saturated carbocycles. The van der Waals surface area contributed by atoms with E-state index < -0.39 is 0 Å². The summed E-state index contributed by atoms with van der Waals surface area (Å²) in [6, 6.07) is 5.98. The van der Waals surface area contributed by atoms with Crippen LogP contribution in [0.3, 0.4) is 0 Å². The Hall–Kier alpha value is -1.91. The van der Waals surface area contributed by atoms with Crippen molar-refractivity contribution in [1.29, 1.82) is 0 Å². The van der Waals surface area contributed by atoms with Crippen molar-refractivity contribution in [3.05, 3.63) is 23.8 Å². The standard InChI is InChI=1S/C16H27N3O2/c1-12(2)11-19-16(17-3)18-9-8-13-6-7-14(20-4)15(10-13)21-5/h6-7,10,12H,8-9,11H2,1-5H3,(H2,17,18,19). The maximum absolute atomic E-state index is 5.31. The predicted octanol–water partition coefficient (Wildman–Crippen LogP) is 2.07. The van der Waals surface area contributed by atoms with Gasteiger partial charge in [-0.25, -0.2) is 0 Å². The zero-order valence-electron chi connectivity index (χ0n) is 13.7. The number of guanidine groups is 1. The molecule has 0 radical (unpaired) electrons. The average Bonchev–Trinajstić information content (AvgIpc) is 2.50. The minimum Gasteiger partial charge on any atom is -0.493 e. The molecule has 1 aromatic rings. The molecule has 0 amide bonds. The van der Waals surface area contributed by atoms with Crippen molar-refractivity contribution in [3.63, 3.8) is 0 Å². The minimum absolute atomic E-state index is 0.592. The lowest BCUT2D eigenvalue weighted by Gasteiger charge is -2.14. The SMILES string of the molecule is CN=C(NCCc1ccc(OC)c(OC)c1)NCC(C)C. The van der Waals surface area contributed by atoms with Crippen LogP contribution in [-0.4, -0.2) is 40.3 Å². The Labute approximate surface area is 127 Å². The number of nitrogens with zero attached hydrogens (tertiary/aromatic N) is 1. The average molecular weight is 293 g/mol. The Bertz CT molecular complexity index is 459. The fourth-order valence-electron chi connectivity index (χ4n) is 1.88. The van der Waals surface area contributed by atoms with Gasteiger partial charge in [0.05, 0.1) is 14.2 Å². The molecule has 0 unspecified atom stereocenters. The molecule has 5 heteroatoms. The maximum Gasteiger partial charge on any atom is 0.190 e. The van der Waals surface area contributed by atoms with Crippen LogP contribution in [0.2, 0.25) is 0 Å². The first-order chi connectivity index (χ1) is 10.1. The van der Waals surface area contributed by atoms with Crippen LogP contribution in [0.4, 0.5) is 0 Å². The van der Waals surface area contributed by atoms with E-state index in [1.807, 2.05) is 18.2 Å². The molecule has 5 nitrogen and oxygen atoms in total. The maximum atomic E-state index is 5.31. The van der Waals surface area contributed by atoms with E-state index in [1.165, 1.54) is 5.56 Å². The summed E-state index contributed by atoms with van der Waals surface area (Å²) in [5, 5.41) is 6.60. The van der Waals surface area contributed by atoms with Crippen LogP contribution in [0.25, 0.3) is 0 Å². The van der Waals surface area contributed by atoms with Gasteiger partial charge in [0.2, 0.25) is 0 Å². The molecule has 0 fully saturated rings. The van der Waals surface area contributed by atoms with Crippen molar-refractivity contribution in [2.24, 2.45) is 10.9 Å². The Balaban J connectivity index is 2.48. The third-order valence-corrected chi connectivity index (χ3v) is 3.06. The molecule has 0 aliphatic heterocycles. The van der Waals surface area contributed by atoms with Gasteiger partial charge in [-0.05, 0) is 30.0 Å². The Morgan fingerprint density at radius 1 is 1.14 bits per heavy atom. The molecular weight excluding hydrogens is 266 g/mol. The van der Waals surface area contributed by atoms with Crippen LogP contribution in [0.5, 0.6) is 11.5 Å². The summed E-state index contributed by atoms with van der Waals surface area (Å²) in [5.41, 5.74) is 1.19. The van der Waals surface area contributed by atoms with E-state index in [0.717, 1.165) is 37.0 Å². The van der Waals surface area contributed by atoms with Crippen LogP contribution < -0.4 is 20.1 Å². The highest BCUT2D eigenvalue weighted by atomic mass is 16.5. The van der Waals surface area contributed by atoms with Gasteiger partial charge in [-0.1, -0.05) is 19.9 Å². The number of rotatable bonds is 7. The summed E-state index contributed by atoms with van der Waals surface area (Å²) >= 11 is 0. The molecular formula is C16H27N3O2. The van der Waals surface area contributed by atoms with Crippen molar-refractivity contribution in [2.75, 3.05) is 34.4 Å². The second-order valence-electron chi connectivity index (χ2n) is 5.21. The topological polar surface area (TPSA) is 54.9 Å². The first kappa shape index (κ1) is 17.1. The number of ether oxygens (including phenoxy) is 2. The fraction of sp³-hybridized carbons (Fsp3) is 0.562. The third kappa shape index (κ3) is 5.94. The predicted molar refractivity (Wildman–Crippen MR) is 87.5 cm³/mol. The van der Waals surface area contributed by atoms with E-state index in [0.29, 0.717) is 5.92 Å². The third-order valence-electron chi connectivity index (χ3n) is 3.06. The summed E-state index contributed by atoms with van der Waals surface area (Å²) in [6.45, 7) is 6.07. The number of nitrogens with one attached hydrogen (secondary N) is 2. The van der Waals surface area contributed by atoms with E-state index >= 15 is 0 Å². The molecule has 1 rings (SSSR count). The summed E-state index contributed by atoms with van der Waals surface area (Å²) in [5.74, 6) is 2.94. The molecule has 0 spiro atoms. The van der Waals surface area contributed by atoms with Crippen LogP contribution >= 0.6 is 0 Å². The van der Waals surface area contributed by atoms with Gasteiger partial charge in [-0.2, -0.15) is 0 Å². The Morgan fingerprint density at radius 2 is 1.86 bits per heavy atom. The highest BCUT2D eigenvalue weighted by molar-refractivity contribution is 5.79. The van der Waals surface area contributed by atoms with Gasteiger partial charge in [-0.15, -0.1) is 0 Å². The number of aliphatic imine (C=N–C) groups is 1. The van der Waals surface area contributed by atoms with Crippen LogP contribution in [0.1, 0.15) is 19.4 Å². The Kier molecular flexibility index (Phi) is 7.43. The summed E-state index contributed by atoms with van der Waals surface area (Å²) in [4.78, 5) is 4.20. The van der Waals surface area contributed by atoms with Crippen molar-refractivity contribution < 1.29 is 9.47 Å². The summed E-state index contributed by atoms with van der Waals surface area (Å²) in [7, 11) is 5.08. The van der Waals surface area contributed by atoms with Gasteiger partial charge in [0.15, 0.2) is 17.5 Å². The quantitative estimate of drug-likeness (QED) is 0.597. The molecule has 0 aliphatic rings. The normalized spacial score (nSPS) is 11.4. The monoisotopic (exact) mass is 293 g/mol. The highest BCUT2D eigenvalue weighted by Gasteiger charge is 2.05. The molecule has 118 valence electrons. The van der Waals surface area contributed by atoms with Crippen molar-refractivity contribution in [1.82, 2.24) is 10.6 Å². The molecule has 21 heavy (non-hydrogen) atoms. The number of hydrogen-bond acceptors (Lipinski definition) is 3. The summed E-state index contributed by atoms with van der Waals surface area (Å²) in [6.07, 6.45) is 0.892. The highest BCUT2D eigenvalue weighted by Crippen LogP contribution is 2.27. The first-order valence-corrected chi connectivity index (χ1v) is 7.26. The fourth-order valence-corrected chi connectivity index (χ4v) is 1.88. The zero-order valence-corrected chi connectivity index (χ0v) is 13.7. The van der Waals surface area contributed by atoms with Gasteiger partial charge < -0.3 is 20.1 Å². The number of benzene rings is 1. The Morgan fingerprint density at radius 3 is 2.43 bits per heavy atom. The van der Waals surface area contributed by atoms with Crippen LogP contribution in [-0.2, 0) is 6.42 Å². The molecule has 0 heterocycles. The molecule has 1 aromatic carbocycles. The lowest BCUT2D eigenvalue weighted by Crippen LogP contribution is -2.39. The second-order valence-corrected chi connectivity index (χ2v) is 5.21. The van der Waals surface area contributed by atoms with Gasteiger partial charge in [0, 0.05) is 20.1 Å². The number of hydrogen-bond donors (Lipinski definition) is 2. The number of methoxy groups -OCH3 is 2. The van der Waals surface area contributed by atoms with Crippen LogP contribution in [0, 0.1) is 5.92 Å². The van der Waals surface area contributed by atoms with Crippen molar-refractivity contribution in [2.45, 2.75) is 20.3 Å². The summed E-state index contributed by atoms with van der Waals surface area (Å²) < 4.78 is 10.5. The minimum atomic E-state index is 0.592. The molecule has 0 atom stereocenters.